The molecule has 0 bridgehead atoms. The maximum atomic E-state index is 13.4. The van der Waals surface area contributed by atoms with Crippen molar-refractivity contribution in [2.75, 3.05) is 19.6 Å². The first kappa shape index (κ1) is 26.3. The lowest BCUT2D eigenvalue weighted by Gasteiger charge is -2.39. The van der Waals surface area contributed by atoms with E-state index in [4.69, 9.17) is 5.10 Å². The van der Waals surface area contributed by atoms with E-state index in [9.17, 15) is 19.1 Å². The van der Waals surface area contributed by atoms with Crippen molar-refractivity contribution in [2.45, 2.75) is 52.1 Å². The highest BCUT2D eigenvalue weighted by atomic mass is 19.1. The van der Waals surface area contributed by atoms with Gasteiger partial charge in [0.15, 0.2) is 0 Å². The van der Waals surface area contributed by atoms with Crippen LogP contribution in [0.15, 0.2) is 54.9 Å². The molecule has 1 aliphatic rings. The Morgan fingerprint density at radius 1 is 1.08 bits per heavy atom. The van der Waals surface area contributed by atoms with Crippen LogP contribution in [0.4, 0.5) is 9.18 Å². The number of likely N-dealkylation sites (tertiary alicyclic amines) is 1. The highest BCUT2D eigenvalue weighted by Crippen LogP contribution is 2.24. The Bertz CT molecular complexity index is 1210. The van der Waals surface area contributed by atoms with Gasteiger partial charge in [0.05, 0.1) is 5.69 Å². The summed E-state index contributed by atoms with van der Waals surface area (Å²) in [5.74, 6) is -0.0900. The Hall–Kier alpha value is -3.75. The highest BCUT2D eigenvalue weighted by Gasteiger charge is 2.31. The van der Waals surface area contributed by atoms with Crippen LogP contribution in [0.3, 0.4) is 0 Å². The lowest BCUT2D eigenvalue weighted by molar-refractivity contribution is -0.133. The largest absolute Gasteiger partial charge is 0.465 e. The van der Waals surface area contributed by atoms with E-state index < -0.39 is 11.6 Å². The zero-order valence-corrected chi connectivity index (χ0v) is 21.6. The number of aromatic nitrogens is 3. The first-order chi connectivity index (χ1) is 17.6. The van der Waals surface area contributed by atoms with Gasteiger partial charge in [-0.05, 0) is 75.4 Å². The summed E-state index contributed by atoms with van der Waals surface area (Å²) in [6.07, 6.45) is 4.53. The molecule has 0 aliphatic carbocycles. The summed E-state index contributed by atoms with van der Waals surface area (Å²) in [4.78, 5) is 32.4. The fraction of sp³-hybridized carbons (Fsp3) is 0.429. The van der Waals surface area contributed by atoms with Crippen molar-refractivity contribution in [3.05, 3.63) is 71.9 Å². The number of hydrogen-bond donors (Lipinski definition) is 1. The lowest BCUT2D eigenvalue weighted by Crippen LogP contribution is -2.49. The molecular formula is C28H34FN5O3. The third kappa shape index (κ3) is 6.72. The Kier molecular flexibility index (Phi) is 7.90. The Morgan fingerprint density at radius 3 is 2.32 bits per heavy atom. The number of benzene rings is 1. The van der Waals surface area contributed by atoms with Crippen molar-refractivity contribution in [1.29, 1.82) is 0 Å². The third-order valence-electron chi connectivity index (χ3n) is 6.87. The van der Waals surface area contributed by atoms with Crippen molar-refractivity contribution in [1.82, 2.24) is 24.6 Å². The number of amides is 2. The molecule has 8 nitrogen and oxygen atoms in total. The van der Waals surface area contributed by atoms with E-state index in [0.717, 1.165) is 35.4 Å². The SMILES string of the molecule is CC(C)(C)N(CC1CCN(C(=O)Cn2nc(-c3ccncc3)cc2Cc2ccc(F)cc2)CC1)C(=O)O. The van der Waals surface area contributed by atoms with Crippen molar-refractivity contribution in [2.24, 2.45) is 5.92 Å². The van der Waals surface area contributed by atoms with Crippen LogP contribution >= 0.6 is 0 Å². The van der Waals surface area contributed by atoms with E-state index in [1.165, 1.54) is 17.0 Å². The van der Waals surface area contributed by atoms with E-state index in [0.29, 0.717) is 26.1 Å². The van der Waals surface area contributed by atoms with Gasteiger partial charge in [-0.3, -0.25) is 14.5 Å². The smallest absolute Gasteiger partial charge is 0.407 e. The second kappa shape index (κ2) is 11.1. The second-order valence-corrected chi connectivity index (χ2v) is 10.6. The molecule has 0 saturated carbocycles. The van der Waals surface area contributed by atoms with Crippen LogP contribution in [-0.4, -0.2) is 66.8 Å². The van der Waals surface area contributed by atoms with Crippen molar-refractivity contribution < 1.29 is 19.1 Å². The number of carbonyl (C=O) groups is 2. The van der Waals surface area contributed by atoms with Crippen LogP contribution in [0.25, 0.3) is 11.3 Å². The number of rotatable bonds is 7. The molecule has 0 radical (unpaired) electrons. The van der Waals surface area contributed by atoms with E-state index in [1.54, 1.807) is 29.2 Å². The summed E-state index contributed by atoms with van der Waals surface area (Å²) in [7, 11) is 0. The molecule has 1 fully saturated rings. The predicted molar refractivity (Wildman–Crippen MR) is 138 cm³/mol. The topological polar surface area (TPSA) is 91.6 Å². The average molecular weight is 508 g/mol. The maximum absolute atomic E-state index is 13.4. The quantitative estimate of drug-likeness (QED) is 0.501. The molecule has 2 aromatic heterocycles. The third-order valence-corrected chi connectivity index (χ3v) is 6.87. The van der Waals surface area contributed by atoms with Gasteiger partial charge in [-0.25, -0.2) is 9.18 Å². The summed E-state index contributed by atoms with van der Waals surface area (Å²) >= 11 is 0. The fourth-order valence-corrected chi connectivity index (χ4v) is 4.70. The molecule has 3 heterocycles. The molecule has 1 aliphatic heterocycles. The summed E-state index contributed by atoms with van der Waals surface area (Å²) in [6.45, 7) is 7.45. The maximum Gasteiger partial charge on any atom is 0.407 e. The molecule has 2 amide bonds. The molecule has 1 aromatic carbocycles. The van der Waals surface area contributed by atoms with E-state index in [2.05, 4.69) is 4.98 Å². The van der Waals surface area contributed by atoms with Crippen LogP contribution < -0.4 is 0 Å². The molecule has 3 aromatic rings. The number of carbonyl (C=O) groups excluding carboxylic acids is 1. The molecule has 37 heavy (non-hydrogen) atoms. The minimum absolute atomic E-state index is 0.0194. The molecule has 9 heteroatoms. The van der Waals surface area contributed by atoms with Crippen molar-refractivity contribution in [3.63, 3.8) is 0 Å². The van der Waals surface area contributed by atoms with Gasteiger partial charge in [0.2, 0.25) is 5.91 Å². The van der Waals surface area contributed by atoms with Crippen LogP contribution in [0.1, 0.15) is 44.9 Å². The molecule has 0 spiro atoms. The Labute approximate surface area is 216 Å². The molecule has 1 N–H and O–H groups in total. The monoisotopic (exact) mass is 507 g/mol. The van der Waals surface area contributed by atoms with Crippen LogP contribution in [-0.2, 0) is 17.8 Å². The number of piperidine rings is 1. The van der Waals surface area contributed by atoms with Crippen molar-refractivity contribution >= 4 is 12.0 Å². The molecule has 0 unspecified atom stereocenters. The summed E-state index contributed by atoms with van der Waals surface area (Å²) in [5.41, 5.74) is 2.99. The normalized spacial score (nSPS) is 14.5. The Balaban J connectivity index is 1.45. The van der Waals surface area contributed by atoms with Crippen LogP contribution in [0.2, 0.25) is 0 Å². The molecule has 0 atom stereocenters. The van der Waals surface area contributed by atoms with Gasteiger partial charge in [0, 0.05) is 55.2 Å². The fourth-order valence-electron chi connectivity index (χ4n) is 4.70. The van der Waals surface area contributed by atoms with Gasteiger partial charge in [-0.1, -0.05) is 12.1 Å². The van der Waals surface area contributed by atoms with Crippen molar-refractivity contribution in [3.8, 4) is 11.3 Å². The minimum Gasteiger partial charge on any atom is -0.465 e. The lowest BCUT2D eigenvalue weighted by atomic mass is 9.94. The molecular weight excluding hydrogens is 473 g/mol. The first-order valence-corrected chi connectivity index (χ1v) is 12.6. The van der Waals surface area contributed by atoms with E-state index in [-0.39, 0.29) is 24.2 Å². The number of carboxylic acid groups (broad SMARTS) is 1. The molecule has 196 valence electrons. The summed E-state index contributed by atoms with van der Waals surface area (Å²) < 4.78 is 15.1. The zero-order valence-electron chi connectivity index (χ0n) is 21.6. The number of pyridine rings is 1. The minimum atomic E-state index is -0.914. The zero-order chi connectivity index (χ0) is 26.6. The highest BCUT2D eigenvalue weighted by molar-refractivity contribution is 5.76. The number of nitrogens with zero attached hydrogens (tertiary/aromatic N) is 5. The number of hydrogen-bond acceptors (Lipinski definition) is 4. The van der Waals surface area contributed by atoms with E-state index >= 15 is 0 Å². The summed E-state index contributed by atoms with van der Waals surface area (Å²) in [5, 5.41) is 14.3. The van der Waals surface area contributed by atoms with Crippen LogP contribution in [0, 0.1) is 11.7 Å². The van der Waals surface area contributed by atoms with E-state index in [1.807, 2.05) is 43.9 Å². The Morgan fingerprint density at radius 2 is 1.73 bits per heavy atom. The van der Waals surface area contributed by atoms with Gasteiger partial charge >= 0.3 is 6.09 Å². The van der Waals surface area contributed by atoms with Gasteiger partial charge < -0.3 is 14.9 Å². The average Bonchev–Trinajstić information content (AvgIpc) is 3.26. The van der Waals surface area contributed by atoms with Crippen LogP contribution in [0.5, 0.6) is 0 Å². The standard InChI is InChI=1S/C28H34FN5O3/c1-28(2,3)33(27(36)37)18-21-10-14-32(15-11-21)26(35)19-34-24(16-20-4-6-23(29)7-5-20)17-25(31-34)22-8-12-30-13-9-22/h4-9,12-13,17,21H,10-11,14-16,18-19H2,1-3H3,(H,36,37). The van der Waals surface area contributed by atoms with Gasteiger partial charge in [-0.15, -0.1) is 0 Å². The summed E-state index contributed by atoms with van der Waals surface area (Å²) in [6, 6.07) is 12.1. The second-order valence-electron chi connectivity index (χ2n) is 10.6. The van der Waals surface area contributed by atoms with Gasteiger partial charge in [0.25, 0.3) is 0 Å². The van der Waals surface area contributed by atoms with Gasteiger partial charge in [0.1, 0.15) is 12.4 Å². The molecule has 1 saturated heterocycles. The molecule has 4 rings (SSSR count). The first-order valence-electron chi connectivity index (χ1n) is 12.6. The number of halogens is 1. The van der Waals surface area contributed by atoms with Gasteiger partial charge in [-0.2, -0.15) is 5.10 Å². The predicted octanol–water partition coefficient (Wildman–Crippen LogP) is 4.69.